The summed E-state index contributed by atoms with van der Waals surface area (Å²) in [5.41, 5.74) is 5.16. The third kappa shape index (κ3) is 9.48. The molecule has 1 saturated heterocycles. The number of esters is 1. The third-order valence-electron chi connectivity index (χ3n) is 8.61. The van der Waals surface area contributed by atoms with E-state index < -0.39 is 24.3 Å². The van der Waals surface area contributed by atoms with Gasteiger partial charge in [0.15, 0.2) is 6.29 Å². The van der Waals surface area contributed by atoms with Gasteiger partial charge >= 0.3 is 12.0 Å². The highest BCUT2D eigenvalue weighted by molar-refractivity contribution is 5.92. The molecule has 252 valence electrons. The number of nitrogens with one attached hydrogen (secondary N) is 2. The van der Waals surface area contributed by atoms with Crippen molar-refractivity contribution in [3.8, 4) is 0 Å². The number of aromatic nitrogens is 1. The molecule has 2 amide bonds. The number of benzene rings is 3. The fourth-order valence-corrected chi connectivity index (χ4v) is 5.81. The molecule has 1 aromatic heterocycles. The van der Waals surface area contributed by atoms with E-state index >= 15 is 0 Å². The van der Waals surface area contributed by atoms with Crippen molar-refractivity contribution in [3.63, 3.8) is 0 Å². The second-order valence-electron chi connectivity index (χ2n) is 12.1. The van der Waals surface area contributed by atoms with Gasteiger partial charge in [-0.15, -0.1) is 0 Å². The summed E-state index contributed by atoms with van der Waals surface area (Å²) in [6, 6.07) is 29.2. The van der Waals surface area contributed by atoms with Crippen LogP contribution in [0.5, 0.6) is 0 Å². The molecule has 0 spiro atoms. The molecule has 1 fully saturated rings. The second-order valence-corrected chi connectivity index (χ2v) is 12.1. The first-order valence-electron chi connectivity index (χ1n) is 16.2. The van der Waals surface area contributed by atoms with Gasteiger partial charge in [0.05, 0.1) is 25.9 Å². The number of carbonyl (C=O) groups excluding carboxylic acids is 2. The Hall–Kier alpha value is -4.61. The number of amides is 2. The maximum atomic E-state index is 12.9. The van der Waals surface area contributed by atoms with Crippen molar-refractivity contribution in [2.24, 2.45) is 5.92 Å². The summed E-state index contributed by atoms with van der Waals surface area (Å²) in [7, 11) is 3.39. The smallest absolute Gasteiger partial charge is 0.328 e. The highest BCUT2D eigenvalue weighted by atomic mass is 16.7. The normalized spacial score (nSPS) is 19.8. The summed E-state index contributed by atoms with van der Waals surface area (Å²) in [5, 5.41) is 15.1. The zero-order chi connectivity index (χ0) is 33.9. The number of methoxy groups -OCH3 is 1. The maximum absolute atomic E-state index is 12.9. The average molecular weight is 653 g/mol. The molecule has 0 radical (unpaired) electrons. The Bertz CT molecular complexity index is 1590. The second kappa shape index (κ2) is 17.0. The Morgan fingerprint density at radius 3 is 2.29 bits per heavy atom. The number of urea groups is 1. The quantitative estimate of drug-likeness (QED) is 0.163. The molecule has 0 aliphatic carbocycles. The number of likely N-dealkylation sites (N-methyl/N-ethyl adjacent to an activating group) is 1. The molecule has 1 aliphatic heterocycles. The predicted octanol–water partition coefficient (Wildman–Crippen LogP) is 5.45. The van der Waals surface area contributed by atoms with Crippen LogP contribution in [-0.4, -0.2) is 66.4 Å². The number of pyridine rings is 1. The monoisotopic (exact) mass is 652 g/mol. The van der Waals surface area contributed by atoms with Gasteiger partial charge in [-0.05, 0) is 48.0 Å². The SMILES string of the molecule is COC(=O)C(Cc1ccccc1)NC(=O)Nc1ccc(C2OC(CN(C)CCc3ccccn3)C(C)C(c3ccc(CO)cc3)O2)cc1. The van der Waals surface area contributed by atoms with Crippen LogP contribution < -0.4 is 10.6 Å². The Labute approximate surface area is 282 Å². The molecule has 48 heavy (non-hydrogen) atoms. The first-order valence-corrected chi connectivity index (χ1v) is 16.2. The minimum atomic E-state index is -0.843. The Morgan fingerprint density at radius 2 is 1.62 bits per heavy atom. The number of carbonyl (C=O) groups is 2. The number of aliphatic hydroxyl groups is 1. The molecule has 10 nitrogen and oxygen atoms in total. The van der Waals surface area contributed by atoms with Crippen molar-refractivity contribution in [2.45, 2.75) is 50.9 Å². The summed E-state index contributed by atoms with van der Waals surface area (Å²) in [6.45, 7) is 3.65. The molecule has 5 rings (SSSR count). The number of aliphatic hydroxyl groups excluding tert-OH is 1. The molecule has 3 aromatic carbocycles. The lowest BCUT2D eigenvalue weighted by Crippen LogP contribution is -2.45. The van der Waals surface area contributed by atoms with Crippen molar-refractivity contribution in [1.82, 2.24) is 15.2 Å². The van der Waals surface area contributed by atoms with E-state index in [1.165, 1.54) is 7.11 Å². The van der Waals surface area contributed by atoms with E-state index in [0.717, 1.165) is 40.9 Å². The average Bonchev–Trinajstić information content (AvgIpc) is 3.12. The van der Waals surface area contributed by atoms with Crippen molar-refractivity contribution in [1.29, 1.82) is 0 Å². The standard InChI is InChI=1S/C38H44N4O6/c1-26-34(24-42(2)22-20-31-11-7-8-21-39-31)47-37(48-35(26)29-14-12-28(25-43)13-15-29)30-16-18-32(19-17-30)40-38(45)41-33(36(44)46-3)23-27-9-5-4-6-10-27/h4-19,21,26,33-35,37,43H,20,22-25H2,1-3H3,(H2,40,41,45). The Balaban J connectivity index is 1.26. The first kappa shape index (κ1) is 34.7. The van der Waals surface area contributed by atoms with E-state index in [-0.39, 0.29) is 24.7 Å². The van der Waals surface area contributed by atoms with Crippen LogP contribution in [-0.2, 0) is 38.5 Å². The van der Waals surface area contributed by atoms with Gasteiger partial charge in [0.2, 0.25) is 0 Å². The van der Waals surface area contributed by atoms with Crippen LogP contribution in [0.15, 0.2) is 103 Å². The van der Waals surface area contributed by atoms with Gasteiger partial charge in [0, 0.05) is 55.0 Å². The number of hydrogen-bond acceptors (Lipinski definition) is 8. The molecule has 2 heterocycles. The van der Waals surface area contributed by atoms with Gasteiger partial charge in [0.25, 0.3) is 0 Å². The minimum Gasteiger partial charge on any atom is -0.467 e. The van der Waals surface area contributed by atoms with Crippen molar-refractivity contribution < 1.29 is 28.9 Å². The fraction of sp³-hybridized carbons (Fsp3) is 0.342. The van der Waals surface area contributed by atoms with Crippen molar-refractivity contribution >= 4 is 17.7 Å². The van der Waals surface area contributed by atoms with Crippen LogP contribution in [0.3, 0.4) is 0 Å². The molecule has 4 aromatic rings. The van der Waals surface area contributed by atoms with E-state index in [2.05, 4.69) is 34.5 Å². The number of rotatable bonds is 13. The van der Waals surface area contributed by atoms with E-state index in [1.807, 2.05) is 91.1 Å². The summed E-state index contributed by atoms with van der Waals surface area (Å²) >= 11 is 0. The number of ether oxygens (including phenoxy) is 3. The summed E-state index contributed by atoms with van der Waals surface area (Å²) in [4.78, 5) is 32.0. The minimum absolute atomic E-state index is 0.0223. The summed E-state index contributed by atoms with van der Waals surface area (Å²) in [5.74, 6) is -0.482. The van der Waals surface area contributed by atoms with Crippen LogP contribution >= 0.6 is 0 Å². The van der Waals surface area contributed by atoms with E-state index in [0.29, 0.717) is 18.7 Å². The maximum Gasteiger partial charge on any atom is 0.328 e. The topological polar surface area (TPSA) is 122 Å². The highest BCUT2D eigenvalue weighted by Crippen LogP contribution is 2.42. The van der Waals surface area contributed by atoms with Gasteiger partial charge in [-0.25, -0.2) is 9.59 Å². The van der Waals surface area contributed by atoms with Crippen LogP contribution in [0, 0.1) is 5.92 Å². The summed E-state index contributed by atoms with van der Waals surface area (Å²) in [6.07, 6.45) is 1.93. The van der Waals surface area contributed by atoms with Gasteiger partial charge in [0.1, 0.15) is 6.04 Å². The molecule has 0 bridgehead atoms. The number of anilines is 1. The van der Waals surface area contributed by atoms with E-state index in [9.17, 15) is 14.7 Å². The van der Waals surface area contributed by atoms with Crippen LogP contribution in [0.1, 0.15) is 47.3 Å². The molecule has 5 unspecified atom stereocenters. The zero-order valence-electron chi connectivity index (χ0n) is 27.6. The predicted molar refractivity (Wildman–Crippen MR) is 183 cm³/mol. The third-order valence-corrected chi connectivity index (χ3v) is 8.61. The lowest BCUT2D eigenvalue weighted by molar-refractivity contribution is -0.275. The van der Waals surface area contributed by atoms with E-state index in [1.54, 1.807) is 12.1 Å². The lowest BCUT2D eigenvalue weighted by Gasteiger charge is -2.42. The van der Waals surface area contributed by atoms with Gasteiger partial charge in [-0.2, -0.15) is 0 Å². The molecule has 3 N–H and O–H groups in total. The largest absolute Gasteiger partial charge is 0.467 e. The van der Waals surface area contributed by atoms with Crippen LogP contribution in [0.2, 0.25) is 0 Å². The van der Waals surface area contributed by atoms with E-state index in [4.69, 9.17) is 14.2 Å². The molecular weight excluding hydrogens is 608 g/mol. The number of nitrogens with zero attached hydrogens (tertiary/aromatic N) is 2. The van der Waals surface area contributed by atoms with Gasteiger partial charge in [-0.3, -0.25) is 4.98 Å². The highest BCUT2D eigenvalue weighted by Gasteiger charge is 2.38. The number of hydrogen-bond donors (Lipinski definition) is 3. The van der Waals surface area contributed by atoms with Crippen molar-refractivity contribution in [2.75, 3.05) is 32.6 Å². The zero-order valence-corrected chi connectivity index (χ0v) is 27.6. The van der Waals surface area contributed by atoms with Crippen molar-refractivity contribution in [3.05, 3.63) is 131 Å². The van der Waals surface area contributed by atoms with Crippen LogP contribution in [0.25, 0.3) is 0 Å². The first-order chi connectivity index (χ1) is 23.3. The molecule has 1 aliphatic rings. The molecule has 5 atom stereocenters. The molecule has 10 heteroatoms. The molecular formula is C38H44N4O6. The summed E-state index contributed by atoms with van der Waals surface area (Å²) < 4.78 is 18.1. The Kier molecular flexibility index (Phi) is 12.3. The van der Waals surface area contributed by atoms with Gasteiger partial charge in [-0.1, -0.05) is 79.7 Å². The lowest BCUT2D eigenvalue weighted by atomic mass is 9.90. The molecule has 0 saturated carbocycles. The Morgan fingerprint density at radius 1 is 0.917 bits per heavy atom. The van der Waals surface area contributed by atoms with Crippen LogP contribution in [0.4, 0.5) is 10.5 Å². The fourth-order valence-electron chi connectivity index (χ4n) is 5.81. The van der Waals surface area contributed by atoms with Gasteiger partial charge < -0.3 is 34.9 Å².